The fourth-order valence-corrected chi connectivity index (χ4v) is 2.27. The largest absolute Gasteiger partial charge is 0.352 e. The quantitative estimate of drug-likeness (QED) is 0.467. The first-order valence-electron chi connectivity index (χ1n) is 5.87. The van der Waals surface area contributed by atoms with Gasteiger partial charge in [0.25, 0.3) is 0 Å². The van der Waals surface area contributed by atoms with E-state index in [1.54, 1.807) is 11.8 Å². The molecule has 0 aromatic heterocycles. The highest BCUT2D eigenvalue weighted by atomic mass is 35.5. The van der Waals surface area contributed by atoms with Crippen LogP contribution in [0.25, 0.3) is 0 Å². The van der Waals surface area contributed by atoms with Crippen molar-refractivity contribution in [2.45, 2.75) is 24.7 Å². The van der Waals surface area contributed by atoms with Gasteiger partial charge in [-0.2, -0.15) is 0 Å². The molecule has 18 heavy (non-hydrogen) atoms. The lowest BCUT2D eigenvalue weighted by Crippen LogP contribution is -2.24. The maximum Gasteiger partial charge on any atom is 0.220 e. The predicted octanol–water partition coefficient (Wildman–Crippen LogP) is 3.90. The topological polar surface area (TPSA) is 29.1 Å². The van der Waals surface area contributed by atoms with Gasteiger partial charge >= 0.3 is 0 Å². The molecule has 0 bridgehead atoms. The summed E-state index contributed by atoms with van der Waals surface area (Å²) in [7, 11) is 0. The minimum atomic E-state index is 0.0923. The van der Waals surface area contributed by atoms with E-state index >= 15 is 0 Å². The van der Waals surface area contributed by atoms with E-state index in [9.17, 15) is 4.79 Å². The van der Waals surface area contributed by atoms with E-state index in [2.05, 4.69) is 11.9 Å². The van der Waals surface area contributed by atoms with Gasteiger partial charge in [-0.3, -0.25) is 4.79 Å². The first-order valence-corrected chi connectivity index (χ1v) is 7.24. The SMILES string of the molecule is C=C(C)CNC(=O)CCCSc1ccc(Cl)cc1. The molecule has 1 rings (SSSR count). The molecule has 1 aromatic carbocycles. The van der Waals surface area contributed by atoms with Crippen LogP contribution in [0.15, 0.2) is 41.3 Å². The number of halogens is 1. The van der Waals surface area contributed by atoms with Gasteiger partial charge in [0, 0.05) is 22.9 Å². The van der Waals surface area contributed by atoms with E-state index in [1.807, 2.05) is 31.2 Å². The number of carbonyl (C=O) groups is 1. The number of carbonyl (C=O) groups excluding carboxylic acids is 1. The van der Waals surface area contributed by atoms with Crippen molar-refractivity contribution < 1.29 is 4.79 Å². The number of benzene rings is 1. The number of hydrogen-bond acceptors (Lipinski definition) is 2. The summed E-state index contributed by atoms with van der Waals surface area (Å²) in [6, 6.07) is 7.75. The molecule has 0 spiro atoms. The molecular formula is C14H18ClNOS. The lowest BCUT2D eigenvalue weighted by atomic mass is 10.3. The molecule has 98 valence electrons. The highest BCUT2D eigenvalue weighted by Crippen LogP contribution is 2.21. The second-order valence-electron chi connectivity index (χ2n) is 4.14. The molecule has 0 heterocycles. The number of rotatable bonds is 7. The Morgan fingerprint density at radius 2 is 2.06 bits per heavy atom. The summed E-state index contributed by atoms with van der Waals surface area (Å²) in [6.07, 6.45) is 1.43. The summed E-state index contributed by atoms with van der Waals surface area (Å²) < 4.78 is 0. The van der Waals surface area contributed by atoms with Crippen molar-refractivity contribution in [3.8, 4) is 0 Å². The van der Waals surface area contributed by atoms with Crippen LogP contribution >= 0.6 is 23.4 Å². The van der Waals surface area contributed by atoms with Crippen molar-refractivity contribution in [3.05, 3.63) is 41.4 Å². The third-order valence-corrected chi connectivity index (χ3v) is 3.57. The summed E-state index contributed by atoms with van der Waals surface area (Å²) in [4.78, 5) is 12.6. The molecule has 4 heteroatoms. The Morgan fingerprint density at radius 3 is 2.67 bits per heavy atom. The van der Waals surface area contributed by atoms with Crippen molar-refractivity contribution in [2.24, 2.45) is 0 Å². The smallest absolute Gasteiger partial charge is 0.220 e. The van der Waals surface area contributed by atoms with Gasteiger partial charge in [-0.15, -0.1) is 11.8 Å². The van der Waals surface area contributed by atoms with Gasteiger partial charge in [0.05, 0.1) is 0 Å². The molecule has 1 N–H and O–H groups in total. The molecule has 0 atom stereocenters. The van der Waals surface area contributed by atoms with Gasteiger partial charge in [-0.05, 0) is 43.4 Å². The first kappa shape index (κ1) is 15.1. The Morgan fingerprint density at radius 1 is 1.39 bits per heavy atom. The van der Waals surface area contributed by atoms with E-state index in [0.717, 1.165) is 22.8 Å². The molecule has 0 aliphatic rings. The summed E-state index contributed by atoms with van der Waals surface area (Å²) in [5.41, 5.74) is 0.971. The maximum absolute atomic E-state index is 11.4. The average Bonchev–Trinajstić information content (AvgIpc) is 2.34. The standard InChI is InChI=1S/C14H18ClNOS/c1-11(2)10-16-14(17)4-3-9-18-13-7-5-12(15)6-8-13/h5-8H,1,3-4,9-10H2,2H3,(H,16,17). The number of thioether (sulfide) groups is 1. The highest BCUT2D eigenvalue weighted by molar-refractivity contribution is 7.99. The fourth-order valence-electron chi connectivity index (χ4n) is 1.29. The zero-order valence-electron chi connectivity index (χ0n) is 10.5. The van der Waals surface area contributed by atoms with E-state index in [-0.39, 0.29) is 5.91 Å². The van der Waals surface area contributed by atoms with Gasteiger partial charge in [0.2, 0.25) is 5.91 Å². The van der Waals surface area contributed by atoms with Crippen LogP contribution in [0.5, 0.6) is 0 Å². The van der Waals surface area contributed by atoms with Crippen LogP contribution in [0.2, 0.25) is 5.02 Å². The molecule has 0 radical (unpaired) electrons. The minimum Gasteiger partial charge on any atom is -0.352 e. The zero-order chi connectivity index (χ0) is 13.4. The number of nitrogens with one attached hydrogen (secondary N) is 1. The third-order valence-electron chi connectivity index (χ3n) is 2.22. The van der Waals surface area contributed by atoms with Crippen molar-refractivity contribution in [1.29, 1.82) is 0 Å². The lowest BCUT2D eigenvalue weighted by molar-refractivity contribution is -0.120. The zero-order valence-corrected chi connectivity index (χ0v) is 12.1. The molecule has 0 saturated heterocycles. The summed E-state index contributed by atoms with van der Waals surface area (Å²) >= 11 is 7.54. The van der Waals surface area contributed by atoms with Crippen molar-refractivity contribution in [1.82, 2.24) is 5.32 Å². The van der Waals surface area contributed by atoms with Gasteiger partial charge in [0.1, 0.15) is 0 Å². The molecule has 1 amide bonds. The van der Waals surface area contributed by atoms with Crippen molar-refractivity contribution in [3.63, 3.8) is 0 Å². The molecule has 0 saturated carbocycles. The number of amides is 1. The Hall–Kier alpha value is -0.930. The van der Waals surface area contributed by atoms with Crippen LogP contribution in [0.4, 0.5) is 0 Å². The van der Waals surface area contributed by atoms with E-state index in [1.165, 1.54) is 4.90 Å². The Balaban J connectivity index is 2.13. The predicted molar refractivity (Wildman–Crippen MR) is 79.2 cm³/mol. The van der Waals surface area contributed by atoms with Crippen LogP contribution < -0.4 is 5.32 Å². The van der Waals surface area contributed by atoms with E-state index in [4.69, 9.17) is 11.6 Å². The molecule has 0 fully saturated rings. The molecule has 1 aromatic rings. The highest BCUT2D eigenvalue weighted by Gasteiger charge is 2.01. The van der Waals surface area contributed by atoms with Gasteiger partial charge < -0.3 is 5.32 Å². The van der Waals surface area contributed by atoms with Gasteiger partial charge in [-0.1, -0.05) is 23.8 Å². The van der Waals surface area contributed by atoms with Crippen LogP contribution in [0.3, 0.4) is 0 Å². The van der Waals surface area contributed by atoms with Crippen LogP contribution in [0.1, 0.15) is 19.8 Å². The summed E-state index contributed by atoms with van der Waals surface area (Å²) in [6.45, 7) is 6.21. The normalized spacial score (nSPS) is 10.1. The van der Waals surface area contributed by atoms with Crippen molar-refractivity contribution in [2.75, 3.05) is 12.3 Å². The second-order valence-corrected chi connectivity index (χ2v) is 5.74. The van der Waals surface area contributed by atoms with Gasteiger partial charge in [-0.25, -0.2) is 0 Å². The Bertz CT molecular complexity index is 403. The summed E-state index contributed by atoms with van der Waals surface area (Å²) in [5, 5.41) is 3.57. The Labute approximate surface area is 118 Å². The van der Waals surface area contributed by atoms with Crippen LogP contribution in [-0.2, 0) is 4.79 Å². The minimum absolute atomic E-state index is 0.0923. The molecule has 0 unspecified atom stereocenters. The van der Waals surface area contributed by atoms with Crippen molar-refractivity contribution >= 4 is 29.3 Å². The molecular weight excluding hydrogens is 266 g/mol. The average molecular weight is 284 g/mol. The maximum atomic E-state index is 11.4. The van der Waals surface area contributed by atoms with E-state index in [0.29, 0.717) is 13.0 Å². The third kappa shape index (κ3) is 6.72. The lowest BCUT2D eigenvalue weighted by Gasteiger charge is -2.04. The second kappa shape index (κ2) is 8.22. The summed E-state index contributed by atoms with van der Waals surface area (Å²) in [5.74, 6) is 1.02. The van der Waals surface area contributed by atoms with Crippen LogP contribution in [0, 0.1) is 0 Å². The Kier molecular flexibility index (Phi) is 6.91. The monoisotopic (exact) mass is 283 g/mol. The molecule has 0 aliphatic carbocycles. The van der Waals surface area contributed by atoms with Crippen LogP contribution in [-0.4, -0.2) is 18.2 Å². The molecule has 2 nitrogen and oxygen atoms in total. The van der Waals surface area contributed by atoms with Gasteiger partial charge in [0.15, 0.2) is 0 Å². The number of hydrogen-bond donors (Lipinski definition) is 1. The first-order chi connectivity index (χ1) is 8.58. The molecule has 0 aliphatic heterocycles. The van der Waals surface area contributed by atoms with E-state index < -0.39 is 0 Å². The fraction of sp³-hybridized carbons (Fsp3) is 0.357.